The molecule has 94 valence electrons. The minimum atomic E-state index is 0. The first kappa shape index (κ1) is 13.3. The van der Waals surface area contributed by atoms with E-state index in [4.69, 9.17) is 0 Å². The summed E-state index contributed by atoms with van der Waals surface area (Å²) >= 11 is 2.15. The van der Waals surface area contributed by atoms with Crippen LogP contribution in [0.4, 0.5) is 0 Å². The summed E-state index contributed by atoms with van der Waals surface area (Å²) in [5, 5.41) is 4.53. The molecule has 1 aromatic carbocycles. The maximum atomic E-state index is 3.77. The Balaban J connectivity index is 0.00000108. The molecule has 2 heterocycles. The fourth-order valence-corrected chi connectivity index (χ4v) is 4.61. The first-order chi connectivity index (χ1) is 7.81. The average molecular weight is 270 g/mol. The summed E-state index contributed by atoms with van der Waals surface area (Å²) in [5.41, 5.74) is 3.30. The van der Waals surface area contributed by atoms with Gasteiger partial charge in [0, 0.05) is 11.8 Å². The maximum Gasteiger partial charge on any atom is 0.0529 e. The molecule has 1 N–H and O–H groups in total. The highest BCUT2D eigenvalue weighted by Gasteiger charge is 2.40. The topological polar surface area (TPSA) is 12.0 Å². The van der Waals surface area contributed by atoms with Crippen LogP contribution in [0.1, 0.15) is 30.9 Å². The molecule has 3 rings (SSSR count). The lowest BCUT2D eigenvalue weighted by Gasteiger charge is -2.41. The quantitative estimate of drug-likeness (QED) is 0.839. The van der Waals surface area contributed by atoms with Gasteiger partial charge in [0.15, 0.2) is 0 Å². The Hall–Kier alpha value is -0.180. The Labute approximate surface area is 114 Å². The molecular weight excluding hydrogens is 250 g/mol. The van der Waals surface area contributed by atoms with Gasteiger partial charge in [0.05, 0.1) is 5.54 Å². The van der Waals surface area contributed by atoms with Crippen LogP contribution in [0.5, 0.6) is 0 Å². The molecule has 0 bridgehead atoms. The van der Waals surface area contributed by atoms with E-state index in [0.29, 0.717) is 0 Å². The molecule has 1 fully saturated rings. The molecule has 2 aliphatic rings. The number of hydrogen-bond donors (Lipinski definition) is 1. The minimum absolute atomic E-state index is 0. The van der Waals surface area contributed by atoms with Gasteiger partial charge in [-0.3, -0.25) is 0 Å². The summed E-state index contributed by atoms with van der Waals surface area (Å²) in [6.45, 7) is 3.53. The van der Waals surface area contributed by atoms with E-state index < -0.39 is 0 Å². The Morgan fingerprint density at radius 1 is 1.35 bits per heavy atom. The summed E-state index contributed by atoms with van der Waals surface area (Å²) in [6, 6.07) is 8.98. The van der Waals surface area contributed by atoms with Gasteiger partial charge in [-0.1, -0.05) is 24.3 Å². The summed E-state index contributed by atoms with van der Waals surface area (Å²) in [6.07, 6.45) is 3.93. The average Bonchev–Trinajstić information content (AvgIpc) is 2.84. The van der Waals surface area contributed by atoms with Crippen molar-refractivity contribution < 1.29 is 0 Å². The number of benzene rings is 1. The van der Waals surface area contributed by atoms with E-state index in [1.807, 2.05) is 0 Å². The summed E-state index contributed by atoms with van der Waals surface area (Å²) in [4.78, 5) is 0. The summed E-state index contributed by atoms with van der Waals surface area (Å²) in [5.74, 6) is 1.34. The van der Waals surface area contributed by atoms with Gasteiger partial charge in [0.2, 0.25) is 0 Å². The van der Waals surface area contributed by atoms with E-state index in [0.717, 1.165) is 11.8 Å². The van der Waals surface area contributed by atoms with E-state index in [1.165, 1.54) is 25.0 Å². The number of hydrogen-bond acceptors (Lipinski definition) is 2. The van der Waals surface area contributed by atoms with E-state index in [1.54, 1.807) is 11.1 Å². The van der Waals surface area contributed by atoms with Crippen molar-refractivity contribution in [3.8, 4) is 0 Å². The van der Waals surface area contributed by atoms with E-state index >= 15 is 0 Å². The highest BCUT2D eigenvalue weighted by Crippen LogP contribution is 2.42. The first-order valence-electron chi connectivity index (χ1n) is 6.26. The number of halogens is 1. The second kappa shape index (κ2) is 5.21. The van der Waals surface area contributed by atoms with Crippen molar-refractivity contribution in [2.45, 2.75) is 37.0 Å². The number of nitrogens with one attached hydrogen (secondary N) is 1. The van der Waals surface area contributed by atoms with Crippen LogP contribution in [0.25, 0.3) is 0 Å². The van der Waals surface area contributed by atoms with Crippen LogP contribution in [0.3, 0.4) is 0 Å². The minimum Gasteiger partial charge on any atom is -0.306 e. The smallest absolute Gasteiger partial charge is 0.0529 e. The van der Waals surface area contributed by atoms with Crippen LogP contribution < -0.4 is 5.32 Å². The molecule has 0 amide bonds. The number of rotatable bonds is 1. The highest BCUT2D eigenvalue weighted by molar-refractivity contribution is 8.00. The third-order valence-electron chi connectivity index (χ3n) is 4.04. The van der Waals surface area contributed by atoms with Crippen LogP contribution in [-0.2, 0) is 12.0 Å². The summed E-state index contributed by atoms with van der Waals surface area (Å²) < 4.78 is 0. The molecule has 1 saturated heterocycles. The van der Waals surface area contributed by atoms with E-state index in [9.17, 15) is 0 Å². The van der Waals surface area contributed by atoms with Gasteiger partial charge in [0.25, 0.3) is 0 Å². The van der Waals surface area contributed by atoms with Crippen molar-refractivity contribution in [3.63, 3.8) is 0 Å². The van der Waals surface area contributed by atoms with Crippen molar-refractivity contribution in [2.24, 2.45) is 0 Å². The van der Waals surface area contributed by atoms with Crippen LogP contribution in [0, 0.1) is 0 Å². The second-order valence-electron chi connectivity index (χ2n) is 5.04. The largest absolute Gasteiger partial charge is 0.306 e. The van der Waals surface area contributed by atoms with Crippen molar-refractivity contribution in [3.05, 3.63) is 35.4 Å². The Morgan fingerprint density at radius 2 is 2.18 bits per heavy atom. The van der Waals surface area contributed by atoms with Gasteiger partial charge in [0.1, 0.15) is 0 Å². The molecule has 0 radical (unpaired) electrons. The molecule has 17 heavy (non-hydrogen) atoms. The predicted molar refractivity (Wildman–Crippen MR) is 78.2 cm³/mol. The molecular formula is C14H20ClNS. The lowest BCUT2D eigenvalue weighted by molar-refractivity contribution is 0.330. The Morgan fingerprint density at radius 3 is 2.94 bits per heavy atom. The third kappa shape index (κ3) is 2.23. The van der Waals surface area contributed by atoms with Gasteiger partial charge in [-0.05, 0) is 43.1 Å². The fourth-order valence-electron chi connectivity index (χ4n) is 3.12. The molecule has 3 heteroatoms. The Bertz CT molecular complexity index is 390. The zero-order valence-corrected chi connectivity index (χ0v) is 11.9. The van der Waals surface area contributed by atoms with Crippen molar-refractivity contribution in [2.75, 3.05) is 12.3 Å². The zero-order chi connectivity index (χ0) is 11.0. The number of fused-ring (bicyclic) bond motifs is 1. The predicted octanol–water partition coefficient (Wildman–Crippen LogP) is 3.36. The second-order valence-corrected chi connectivity index (χ2v) is 6.35. The Kier molecular flexibility index (Phi) is 4.06. The monoisotopic (exact) mass is 269 g/mol. The standard InChI is InChI=1S/C14H19NS.ClH/c1-14(13-7-4-10-16-13)12-6-3-2-5-11(12)8-9-15-14;/h2-3,5-6,13,15H,4,7-10H2,1H3;1H. The maximum absolute atomic E-state index is 3.77. The van der Waals surface area contributed by atoms with Gasteiger partial charge in [-0.25, -0.2) is 0 Å². The van der Waals surface area contributed by atoms with Gasteiger partial charge >= 0.3 is 0 Å². The van der Waals surface area contributed by atoms with Gasteiger partial charge < -0.3 is 5.32 Å². The van der Waals surface area contributed by atoms with Crippen LogP contribution in [0.2, 0.25) is 0 Å². The SMILES string of the molecule is CC1(C2CCCS2)NCCc2ccccc21.Cl. The van der Waals surface area contributed by atoms with E-state index in [-0.39, 0.29) is 17.9 Å². The molecule has 0 aliphatic carbocycles. The van der Waals surface area contributed by atoms with Crippen molar-refractivity contribution in [1.82, 2.24) is 5.32 Å². The zero-order valence-electron chi connectivity index (χ0n) is 10.2. The van der Waals surface area contributed by atoms with Crippen molar-refractivity contribution in [1.29, 1.82) is 0 Å². The van der Waals surface area contributed by atoms with E-state index in [2.05, 4.69) is 48.3 Å². The van der Waals surface area contributed by atoms with Crippen molar-refractivity contribution >= 4 is 24.2 Å². The molecule has 0 saturated carbocycles. The molecule has 2 aliphatic heterocycles. The normalized spacial score (nSPS) is 31.7. The highest BCUT2D eigenvalue weighted by atomic mass is 35.5. The third-order valence-corrected chi connectivity index (χ3v) is 5.67. The summed E-state index contributed by atoms with van der Waals surface area (Å²) in [7, 11) is 0. The van der Waals surface area contributed by atoms with Crippen LogP contribution in [0.15, 0.2) is 24.3 Å². The van der Waals surface area contributed by atoms with Gasteiger partial charge in [-0.2, -0.15) is 11.8 Å². The lowest BCUT2D eigenvalue weighted by atomic mass is 9.80. The first-order valence-corrected chi connectivity index (χ1v) is 7.30. The molecule has 1 nitrogen and oxygen atoms in total. The van der Waals surface area contributed by atoms with Gasteiger partial charge in [-0.15, -0.1) is 12.4 Å². The molecule has 0 aromatic heterocycles. The molecule has 0 spiro atoms. The van der Waals surface area contributed by atoms with Crippen LogP contribution >= 0.6 is 24.2 Å². The fraction of sp³-hybridized carbons (Fsp3) is 0.571. The van der Waals surface area contributed by atoms with Crippen LogP contribution in [-0.4, -0.2) is 17.5 Å². The molecule has 1 aromatic rings. The molecule has 2 atom stereocenters. The molecule has 2 unspecified atom stereocenters. The lowest BCUT2D eigenvalue weighted by Crippen LogP contribution is -2.51. The number of thioether (sulfide) groups is 1.